The van der Waals surface area contributed by atoms with Crippen molar-refractivity contribution >= 4 is 18.0 Å². The minimum Gasteiger partial charge on any atom is -0.497 e. The number of methoxy groups -OCH3 is 3. The molecule has 2 amide bonds. The lowest BCUT2D eigenvalue weighted by atomic mass is 10.1. The van der Waals surface area contributed by atoms with Crippen molar-refractivity contribution in [2.24, 2.45) is 5.10 Å². The number of ether oxygens (including phenoxy) is 3. The van der Waals surface area contributed by atoms with Crippen molar-refractivity contribution in [3.05, 3.63) is 71.0 Å². The molecule has 0 spiro atoms. The summed E-state index contributed by atoms with van der Waals surface area (Å²) in [6, 6.07) is 15.2. The summed E-state index contributed by atoms with van der Waals surface area (Å²) in [4.78, 5) is 24.2. The van der Waals surface area contributed by atoms with Crippen LogP contribution in [0.2, 0.25) is 0 Å². The molecule has 9 heteroatoms. The third kappa shape index (κ3) is 6.20. The van der Waals surface area contributed by atoms with Crippen molar-refractivity contribution < 1.29 is 23.8 Å². The summed E-state index contributed by atoms with van der Waals surface area (Å²) >= 11 is 0. The number of aryl methyl sites for hydroxylation is 1. The van der Waals surface area contributed by atoms with Crippen LogP contribution in [0, 0.1) is 13.8 Å². The third-order valence-electron chi connectivity index (χ3n) is 5.52. The molecule has 9 nitrogen and oxygen atoms in total. The molecule has 0 aliphatic heterocycles. The first-order valence-electron chi connectivity index (χ1n) is 11.0. The zero-order valence-electron chi connectivity index (χ0n) is 20.5. The van der Waals surface area contributed by atoms with E-state index in [0.29, 0.717) is 17.9 Å². The van der Waals surface area contributed by atoms with Gasteiger partial charge < -0.3 is 24.1 Å². The van der Waals surface area contributed by atoms with E-state index in [1.165, 1.54) is 6.21 Å². The highest BCUT2D eigenvalue weighted by molar-refractivity contribution is 6.35. The minimum atomic E-state index is -0.836. The van der Waals surface area contributed by atoms with E-state index < -0.39 is 11.8 Å². The Hall–Kier alpha value is -4.27. The summed E-state index contributed by atoms with van der Waals surface area (Å²) in [6.07, 6.45) is 2.05. The van der Waals surface area contributed by atoms with Gasteiger partial charge in [0.1, 0.15) is 5.75 Å². The number of rotatable bonds is 9. The van der Waals surface area contributed by atoms with Crippen molar-refractivity contribution in [1.29, 1.82) is 0 Å². The number of hydrogen-bond acceptors (Lipinski definition) is 6. The van der Waals surface area contributed by atoms with Crippen LogP contribution < -0.4 is 25.0 Å². The van der Waals surface area contributed by atoms with Gasteiger partial charge in [-0.05, 0) is 68.3 Å². The molecular weight excluding hydrogens is 448 g/mol. The first kappa shape index (κ1) is 25.4. The summed E-state index contributed by atoms with van der Waals surface area (Å²) in [5.74, 6) is 0.420. The van der Waals surface area contributed by atoms with Crippen molar-refractivity contribution in [3.63, 3.8) is 0 Å². The van der Waals surface area contributed by atoms with E-state index in [1.54, 1.807) is 27.4 Å². The average molecular weight is 479 g/mol. The van der Waals surface area contributed by atoms with Crippen LogP contribution in [0.1, 0.15) is 22.5 Å². The molecule has 0 atom stereocenters. The SMILES string of the molecule is COc1ccc(-n2c(C)cc(/C=N\NC(=O)C(=O)NCCc3ccc(OC)c(OC)c3)c2C)cc1. The molecule has 0 aliphatic rings. The van der Waals surface area contributed by atoms with Crippen molar-refractivity contribution in [2.45, 2.75) is 20.3 Å². The van der Waals surface area contributed by atoms with Crippen LogP contribution in [0.3, 0.4) is 0 Å². The second-order valence-electron chi connectivity index (χ2n) is 7.75. The summed E-state index contributed by atoms with van der Waals surface area (Å²) in [5, 5.41) is 6.55. The topological polar surface area (TPSA) is 103 Å². The Morgan fingerprint density at radius 1 is 0.914 bits per heavy atom. The van der Waals surface area contributed by atoms with Crippen LogP contribution in [0.15, 0.2) is 53.6 Å². The predicted octanol–water partition coefficient (Wildman–Crippen LogP) is 2.93. The van der Waals surface area contributed by atoms with E-state index in [2.05, 4.69) is 20.4 Å². The second kappa shape index (κ2) is 11.7. The molecule has 0 bridgehead atoms. The fraction of sp³-hybridized carbons (Fsp3) is 0.269. The Balaban J connectivity index is 1.54. The van der Waals surface area contributed by atoms with Gasteiger partial charge in [-0.3, -0.25) is 9.59 Å². The Morgan fingerprint density at radius 2 is 1.63 bits per heavy atom. The molecule has 3 rings (SSSR count). The van der Waals surface area contributed by atoms with Crippen LogP contribution in [0.4, 0.5) is 0 Å². The van der Waals surface area contributed by atoms with E-state index in [1.807, 2.05) is 56.3 Å². The lowest BCUT2D eigenvalue weighted by Gasteiger charge is -2.10. The molecule has 35 heavy (non-hydrogen) atoms. The lowest BCUT2D eigenvalue weighted by molar-refractivity contribution is -0.139. The highest BCUT2D eigenvalue weighted by Gasteiger charge is 2.13. The van der Waals surface area contributed by atoms with Crippen LogP contribution in [-0.2, 0) is 16.0 Å². The first-order chi connectivity index (χ1) is 16.9. The van der Waals surface area contributed by atoms with Gasteiger partial charge in [0, 0.05) is 29.2 Å². The van der Waals surface area contributed by atoms with Gasteiger partial charge in [-0.25, -0.2) is 5.43 Å². The minimum absolute atomic E-state index is 0.286. The summed E-state index contributed by atoms with van der Waals surface area (Å²) in [7, 11) is 4.76. The van der Waals surface area contributed by atoms with Crippen LogP contribution >= 0.6 is 0 Å². The smallest absolute Gasteiger partial charge is 0.329 e. The molecule has 1 heterocycles. The molecule has 184 valence electrons. The fourth-order valence-corrected chi connectivity index (χ4v) is 3.69. The number of nitrogens with one attached hydrogen (secondary N) is 2. The highest BCUT2D eigenvalue weighted by atomic mass is 16.5. The zero-order chi connectivity index (χ0) is 25.4. The van der Waals surface area contributed by atoms with Gasteiger partial charge in [0.05, 0.1) is 27.5 Å². The standard InChI is InChI=1S/C26H30N4O5/c1-17-14-20(18(2)30(17)21-7-9-22(33-3)10-8-21)16-28-29-26(32)25(31)27-13-12-19-6-11-23(34-4)24(15-19)35-5/h6-11,14-16H,12-13H2,1-5H3,(H,27,31)(H,29,32)/b28-16-. The van der Waals surface area contributed by atoms with Gasteiger partial charge in [0.15, 0.2) is 11.5 Å². The molecule has 2 N–H and O–H groups in total. The molecule has 0 aliphatic carbocycles. The Labute approximate surface area is 204 Å². The van der Waals surface area contributed by atoms with E-state index in [9.17, 15) is 9.59 Å². The van der Waals surface area contributed by atoms with Crippen LogP contribution in [-0.4, -0.2) is 50.5 Å². The predicted molar refractivity (Wildman–Crippen MR) is 134 cm³/mol. The number of benzene rings is 2. The Kier molecular flexibility index (Phi) is 8.50. The van der Waals surface area contributed by atoms with Gasteiger partial charge in [0.25, 0.3) is 0 Å². The first-order valence-corrected chi connectivity index (χ1v) is 11.0. The summed E-state index contributed by atoms with van der Waals surface area (Å²) < 4.78 is 17.8. The van der Waals surface area contributed by atoms with Crippen molar-refractivity contribution in [3.8, 4) is 22.9 Å². The monoisotopic (exact) mass is 478 g/mol. The number of aromatic nitrogens is 1. The average Bonchev–Trinajstić information content (AvgIpc) is 3.16. The third-order valence-corrected chi connectivity index (χ3v) is 5.52. The number of nitrogens with zero attached hydrogens (tertiary/aromatic N) is 2. The maximum atomic E-state index is 12.1. The number of amides is 2. The number of carbonyl (C=O) groups is 2. The van der Waals surface area contributed by atoms with Gasteiger partial charge >= 0.3 is 11.8 Å². The van der Waals surface area contributed by atoms with Crippen LogP contribution in [0.5, 0.6) is 17.2 Å². The van der Waals surface area contributed by atoms with E-state index >= 15 is 0 Å². The molecular formula is C26H30N4O5. The van der Waals surface area contributed by atoms with Gasteiger partial charge in [-0.1, -0.05) is 6.07 Å². The fourth-order valence-electron chi connectivity index (χ4n) is 3.69. The van der Waals surface area contributed by atoms with Gasteiger partial charge in [-0.2, -0.15) is 5.10 Å². The maximum absolute atomic E-state index is 12.1. The molecule has 0 radical (unpaired) electrons. The Bertz CT molecular complexity index is 1220. The largest absolute Gasteiger partial charge is 0.497 e. The van der Waals surface area contributed by atoms with Crippen LogP contribution in [0.25, 0.3) is 5.69 Å². The van der Waals surface area contributed by atoms with Gasteiger partial charge in [0.2, 0.25) is 0 Å². The summed E-state index contributed by atoms with van der Waals surface area (Å²) in [6.45, 7) is 4.23. The number of hydrazone groups is 1. The molecule has 3 aromatic rings. The van der Waals surface area contributed by atoms with E-state index in [-0.39, 0.29) is 6.54 Å². The lowest BCUT2D eigenvalue weighted by Crippen LogP contribution is -2.38. The second-order valence-corrected chi connectivity index (χ2v) is 7.75. The normalized spacial score (nSPS) is 10.8. The Morgan fingerprint density at radius 3 is 2.29 bits per heavy atom. The zero-order valence-corrected chi connectivity index (χ0v) is 20.5. The van der Waals surface area contributed by atoms with Crippen molar-refractivity contribution in [2.75, 3.05) is 27.9 Å². The highest BCUT2D eigenvalue weighted by Crippen LogP contribution is 2.27. The molecule has 0 fully saturated rings. The van der Waals surface area contributed by atoms with Gasteiger partial charge in [-0.15, -0.1) is 0 Å². The molecule has 0 saturated carbocycles. The maximum Gasteiger partial charge on any atom is 0.329 e. The number of carbonyl (C=O) groups excluding carboxylic acids is 2. The quantitative estimate of drug-likeness (QED) is 0.280. The number of hydrogen-bond donors (Lipinski definition) is 2. The summed E-state index contributed by atoms with van der Waals surface area (Å²) in [5.41, 5.74) is 6.99. The molecule has 1 aromatic heterocycles. The van der Waals surface area contributed by atoms with E-state index in [4.69, 9.17) is 14.2 Å². The van der Waals surface area contributed by atoms with E-state index in [0.717, 1.165) is 34.0 Å². The molecule has 2 aromatic carbocycles. The molecule has 0 saturated heterocycles. The van der Waals surface area contributed by atoms with Crippen molar-refractivity contribution in [1.82, 2.24) is 15.3 Å². The molecule has 0 unspecified atom stereocenters.